The van der Waals surface area contributed by atoms with Gasteiger partial charge in [0.2, 0.25) is 5.91 Å². The molecule has 0 saturated carbocycles. The van der Waals surface area contributed by atoms with Gasteiger partial charge in [0.05, 0.1) is 22.9 Å². The Labute approximate surface area is 217 Å². The van der Waals surface area contributed by atoms with Crippen LogP contribution in [-0.2, 0) is 21.2 Å². The smallest absolute Gasteiger partial charge is 0.247 e. The maximum atomic E-state index is 13.5. The number of aryl methyl sites for hydroxylation is 1. The van der Waals surface area contributed by atoms with Gasteiger partial charge in [-0.1, -0.05) is 78.4 Å². The quantitative estimate of drug-likeness (QED) is 0.325. The van der Waals surface area contributed by atoms with Gasteiger partial charge in [0.15, 0.2) is 9.84 Å². The van der Waals surface area contributed by atoms with E-state index in [2.05, 4.69) is 0 Å². The van der Waals surface area contributed by atoms with E-state index < -0.39 is 9.84 Å². The molecule has 0 radical (unpaired) electrons. The van der Waals surface area contributed by atoms with E-state index in [1.807, 2.05) is 98.0 Å². The standard InChI is InChI=1S/C30H29N3O3S/c1-23-12-14-24(15-13-23)20-32(28-18-19-37(35,36)22-28)29(34)17-16-26-21-33(27-10-6-3-7-11-27)31-30(26)25-8-4-2-5-9-25/h2-17,21,28H,18-20,22H2,1H3/b17-16+. The molecule has 1 aliphatic rings. The molecular formula is C30H29N3O3S. The minimum Gasteiger partial charge on any atom is -0.331 e. The van der Waals surface area contributed by atoms with Gasteiger partial charge < -0.3 is 4.90 Å². The molecule has 2 heterocycles. The Balaban J connectivity index is 1.47. The van der Waals surface area contributed by atoms with E-state index in [0.717, 1.165) is 33.6 Å². The van der Waals surface area contributed by atoms with Crippen LogP contribution in [0, 0.1) is 6.92 Å². The molecular weight excluding hydrogens is 482 g/mol. The van der Waals surface area contributed by atoms with Gasteiger partial charge in [0, 0.05) is 36.0 Å². The van der Waals surface area contributed by atoms with Crippen LogP contribution in [-0.4, -0.2) is 46.6 Å². The summed E-state index contributed by atoms with van der Waals surface area (Å²) in [5.74, 6) is -0.102. The highest BCUT2D eigenvalue weighted by Gasteiger charge is 2.34. The predicted octanol–water partition coefficient (Wildman–Crippen LogP) is 5.08. The summed E-state index contributed by atoms with van der Waals surface area (Å²) in [6.07, 6.45) is 5.68. The highest BCUT2D eigenvalue weighted by molar-refractivity contribution is 7.91. The second-order valence-corrected chi connectivity index (χ2v) is 11.6. The van der Waals surface area contributed by atoms with Crippen LogP contribution in [0.2, 0.25) is 0 Å². The van der Waals surface area contributed by atoms with Crippen LogP contribution in [0.3, 0.4) is 0 Å². The summed E-state index contributed by atoms with van der Waals surface area (Å²) in [5, 5.41) is 4.81. The molecule has 1 saturated heterocycles. The third kappa shape index (κ3) is 5.89. The van der Waals surface area contributed by atoms with Gasteiger partial charge in [0.1, 0.15) is 0 Å². The molecule has 6 nitrogen and oxygen atoms in total. The van der Waals surface area contributed by atoms with Crippen LogP contribution in [0.4, 0.5) is 0 Å². The van der Waals surface area contributed by atoms with Crippen LogP contribution < -0.4 is 0 Å². The number of carbonyl (C=O) groups excluding carboxylic acids is 1. The first-order valence-corrected chi connectivity index (χ1v) is 14.2. The van der Waals surface area contributed by atoms with E-state index >= 15 is 0 Å². The monoisotopic (exact) mass is 511 g/mol. The van der Waals surface area contributed by atoms with E-state index in [4.69, 9.17) is 5.10 Å². The minimum atomic E-state index is -3.14. The SMILES string of the molecule is Cc1ccc(CN(C(=O)/C=C/c2cn(-c3ccccc3)nc2-c2ccccc2)C2CCS(=O)(=O)C2)cc1. The second kappa shape index (κ2) is 10.6. The second-order valence-electron chi connectivity index (χ2n) is 9.42. The summed E-state index contributed by atoms with van der Waals surface area (Å²) < 4.78 is 26.2. The highest BCUT2D eigenvalue weighted by atomic mass is 32.2. The number of hydrogen-bond acceptors (Lipinski definition) is 4. The van der Waals surface area contributed by atoms with E-state index in [9.17, 15) is 13.2 Å². The first-order valence-electron chi connectivity index (χ1n) is 12.3. The highest BCUT2D eigenvalue weighted by Crippen LogP contribution is 2.26. The van der Waals surface area contributed by atoms with Gasteiger partial charge in [-0.25, -0.2) is 13.1 Å². The average molecular weight is 512 g/mol. The molecule has 4 aromatic rings. The topological polar surface area (TPSA) is 72.3 Å². The number of aromatic nitrogens is 2. The molecule has 37 heavy (non-hydrogen) atoms. The van der Waals surface area contributed by atoms with Crippen molar-refractivity contribution < 1.29 is 13.2 Å². The molecule has 5 rings (SSSR count). The Bertz CT molecular complexity index is 1510. The van der Waals surface area contributed by atoms with Crippen LogP contribution in [0.25, 0.3) is 23.0 Å². The first kappa shape index (κ1) is 24.7. The molecule has 1 aliphatic heterocycles. The number of benzene rings is 3. The zero-order valence-corrected chi connectivity index (χ0v) is 21.5. The van der Waals surface area contributed by atoms with Gasteiger partial charge in [-0.3, -0.25) is 4.79 Å². The largest absolute Gasteiger partial charge is 0.331 e. The van der Waals surface area contributed by atoms with Gasteiger partial charge in [-0.15, -0.1) is 0 Å². The van der Waals surface area contributed by atoms with Crippen molar-refractivity contribution in [3.63, 3.8) is 0 Å². The van der Waals surface area contributed by atoms with Gasteiger partial charge in [-0.2, -0.15) is 5.10 Å². The van der Waals surface area contributed by atoms with Crippen molar-refractivity contribution in [2.45, 2.75) is 25.9 Å². The molecule has 0 aliphatic carbocycles. The summed E-state index contributed by atoms with van der Waals surface area (Å²) in [6.45, 7) is 2.37. The number of nitrogens with zero attached hydrogens (tertiary/aromatic N) is 3. The number of rotatable bonds is 7. The Morgan fingerprint density at radius 2 is 1.68 bits per heavy atom. The summed E-state index contributed by atoms with van der Waals surface area (Å²) in [5.41, 5.74) is 5.54. The molecule has 188 valence electrons. The Kier molecular flexibility index (Phi) is 7.06. The van der Waals surface area contributed by atoms with E-state index in [-0.39, 0.29) is 23.5 Å². The lowest BCUT2D eigenvalue weighted by Crippen LogP contribution is -2.39. The summed E-state index contributed by atoms with van der Waals surface area (Å²) in [7, 11) is -3.14. The fourth-order valence-electron chi connectivity index (χ4n) is 4.60. The van der Waals surface area contributed by atoms with Crippen molar-refractivity contribution in [2.75, 3.05) is 11.5 Å². The van der Waals surface area contributed by atoms with Gasteiger partial charge >= 0.3 is 0 Å². The number of sulfone groups is 1. The van der Waals surface area contributed by atoms with Gasteiger partial charge in [-0.05, 0) is 37.1 Å². The molecule has 7 heteroatoms. The van der Waals surface area contributed by atoms with Crippen LogP contribution in [0.15, 0.2) is 97.2 Å². The van der Waals surface area contributed by atoms with E-state index in [1.165, 1.54) is 6.08 Å². The summed E-state index contributed by atoms with van der Waals surface area (Å²) >= 11 is 0. The Morgan fingerprint density at radius 1 is 1.00 bits per heavy atom. The van der Waals surface area contributed by atoms with E-state index in [1.54, 1.807) is 15.7 Å². The lowest BCUT2D eigenvalue weighted by Gasteiger charge is -2.27. The fourth-order valence-corrected chi connectivity index (χ4v) is 6.33. The predicted molar refractivity (Wildman–Crippen MR) is 147 cm³/mol. The molecule has 3 aromatic carbocycles. The van der Waals surface area contributed by atoms with Crippen molar-refractivity contribution in [3.05, 3.63) is 114 Å². The number of amides is 1. The molecule has 0 spiro atoms. The van der Waals surface area contributed by atoms with Crippen molar-refractivity contribution in [1.82, 2.24) is 14.7 Å². The van der Waals surface area contributed by atoms with Crippen LogP contribution >= 0.6 is 0 Å². The summed E-state index contributed by atoms with van der Waals surface area (Å²) in [4.78, 5) is 15.2. The van der Waals surface area contributed by atoms with Gasteiger partial charge in [0.25, 0.3) is 0 Å². The molecule has 0 N–H and O–H groups in total. The Hall–Kier alpha value is -3.97. The Morgan fingerprint density at radius 3 is 2.32 bits per heavy atom. The van der Waals surface area contributed by atoms with Crippen molar-refractivity contribution >= 4 is 21.8 Å². The van der Waals surface area contributed by atoms with Crippen molar-refractivity contribution in [2.24, 2.45) is 0 Å². The summed E-state index contributed by atoms with van der Waals surface area (Å²) in [6, 6.07) is 27.3. The number of hydrogen-bond donors (Lipinski definition) is 0. The lowest BCUT2D eigenvalue weighted by atomic mass is 10.1. The first-order chi connectivity index (χ1) is 17.9. The van der Waals surface area contributed by atoms with Crippen LogP contribution in [0.1, 0.15) is 23.1 Å². The zero-order valence-electron chi connectivity index (χ0n) is 20.7. The fraction of sp³-hybridized carbons (Fsp3) is 0.200. The normalized spacial score (nSPS) is 16.7. The molecule has 1 unspecified atom stereocenters. The minimum absolute atomic E-state index is 0.000351. The maximum absolute atomic E-state index is 13.5. The van der Waals surface area contributed by atoms with Crippen molar-refractivity contribution in [1.29, 1.82) is 0 Å². The molecule has 1 atom stereocenters. The zero-order chi connectivity index (χ0) is 25.8. The molecule has 0 bridgehead atoms. The number of para-hydroxylation sites is 1. The molecule has 1 amide bonds. The van der Waals surface area contributed by atoms with Crippen LogP contribution in [0.5, 0.6) is 0 Å². The molecule has 1 fully saturated rings. The van der Waals surface area contributed by atoms with E-state index in [0.29, 0.717) is 13.0 Å². The third-order valence-corrected chi connectivity index (χ3v) is 8.37. The van der Waals surface area contributed by atoms with Crippen molar-refractivity contribution in [3.8, 4) is 16.9 Å². The third-order valence-electron chi connectivity index (χ3n) is 6.62. The lowest BCUT2D eigenvalue weighted by molar-refractivity contribution is -0.128. The molecule has 1 aromatic heterocycles. The number of carbonyl (C=O) groups is 1. The maximum Gasteiger partial charge on any atom is 0.247 e. The average Bonchev–Trinajstić information content (AvgIpc) is 3.51.